The Morgan fingerprint density at radius 1 is 1.29 bits per heavy atom. The number of aliphatic carboxylic acids is 1. The number of hydrogen-bond donors (Lipinski definition) is 3. The van der Waals surface area contributed by atoms with E-state index in [1.165, 1.54) is 0 Å². The molecule has 0 bridgehead atoms. The Labute approximate surface area is 82.9 Å². The average molecular weight is 198 g/mol. The summed E-state index contributed by atoms with van der Waals surface area (Å²) in [6, 6.07) is -0.314. The highest BCUT2D eigenvalue weighted by Crippen LogP contribution is 1.85. The lowest BCUT2D eigenvalue weighted by atomic mass is 10.3. The molecule has 78 valence electrons. The van der Waals surface area contributed by atoms with Crippen LogP contribution in [0.25, 0.3) is 0 Å². The number of carboxylic acids is 1. The van der Waals surface area contributed by atoms with Crippen LogP contribution in [-0.2, 0) is 4.79 Å². The van der Waals surface area contributed by atoms with E-state index in [0.717, 1.165) is 0 Å². The fourth-order valence-electron chi connectivity index (χ4n) is 0.752. The monoisotopic (exact) mass is 198 g/mol. The molecule has 0 aromatic rings. The average Bonchev–Trinajstić information content (AvgIpc) is 2.13. The van der Waals surface area contributed by atoms with Crippen LogP contribution < -0.4 is 10.6 Å². The van der Waals surface area contributed by atoms with E-state index in [0.29, 0.717) is 25.9 Å². The van der Waals surface area contributed by atoms with E-state index >= 15 is 0 Å². The number of carboxylic acid groups (broad SMARTS) is 1. The Balaban J connectivity index is 3.28. The Morgan fingerprint density at radius 2 is 1.93 bits per heavy atom. The molecule has 0 radical (unpaired) electrons. The first-order valence-corrected chi connectivity index (χ1v) is 4.33. The lowest BCUT2D eigenvalue weighted by Gasteiger charge is -2.04. The summed E-state index contributed by atoms with van der Waals surface area (Å²) in [6.07, 6.45) is 5.96. The van der Waals surface area contributed by atoms with Gasteiger partial charge in [-0.3, -0.25) is 4.79 Å². The van der Waals surface area contributed by atoms with Gasteiger partial charge in [0.1, 0.15) is 0 Å². The van der Waals surface area contributed by atoms with Gasteiger partial charge in [-0.25, -0.2) is 4.79 Å². The van der Waals surface area contributed by atoms with E-state index in [1.807, 2.05) is 0 Å². The van der Waals surface area contributed by atoms with E-state index in [1.54, 1.807) is 0 Å². The molecule has 2 amide bonds. The van der Waals surface area contributed by atoms with Crippen molar-refractivity contribution < 1.29 is 14.7 Å². The van der Waals surface area contributed by atoms with Gasteiger partial charge >= 0.3 is 12.0 Å². The molecule has 0 aromatic carbocycles. The van der Waals surface area contributed by atoms with Crippen molar-refractivity contribution in [1.29, 1.82) is 0 Å². The highest BCUT2D eigenvalue weighted by molar-refractivity contribution is 5.73. The lowest BCUT2D eigenvalue weighted by Crippen LogP contribution is -2.36. The first kappa shape index (κ1) is 12.3. The van der Waals surface area contributed by atoms with Crippen LogP contribution in [0.4, 0.5) is 4.79 Å². The third kappa shape index (κ3) is 8.40. The molecule has 0 rings (SSSR count). The molecule has 0 aliphatic rings. The summed E-state index contributed by atoms with van der Waals surface area (Å²) >= 11 is 0. The van der Waals surface area contributed by atoms with Crippen LogP contribution in [0.1, 0.15) is 19.3 Å². The normalized spacial score (nSPS) is 8.79. The second-order valence-electron chi connectivity index (χ2n) is 2.63. The van der Waals surface area contributed by atoms with Gasteiger partial charge in [0.05, 0.1) is 0 Å². The first-order valence-electron chi connectivity index (χ1n) is 4.33. The summed E-state index contributed by atoms with van der Waals surface area (Å²) in [5.74, 6) is 1.52. The quantitative estimate of drug-likeness (QED) is 0.420. The maximum atomic E-state index is 10.9. The predicted octanol–water partition coefficient (Wildman–Crippen LogP) is 0.174. The Morgan fingerprint density at radius 3 is 2.50 bits per heavy atom. The van der Waals surface area contributed by atoms with Gasteiger partial charge in [0, 0.05) is 25.9 Å². The standard InChI is InChI=1S/C9H14N2O3/c1-2-3-6-10-9(14)11-7-4-5-8(12)13/h1H,3-7H2,(H,12,13)(H2,10,11,14). The molecule has 0 aliphatic carbocycles. The molecule has 0 atom stereocenters. The molecule has 0 aliphatic heterocycles. The highest BCUT2D eigenvalue weighted by atomic mass is 16.4. The molecule has 0 saturated carbocycles. The number of hydrogen-bond acceptors (Lipinski definition) is 2. The minimum Gasteiger partial charge on any atom is -0.481 e. The van der Waals surface area contributed by atoms with Crippen molar-refractivity contribution in [3.8, 4) is 12.3 Å². The fourth-order valence-corrected chi connectivity index (χ4v) is 0.752. The van der Waals surface area contributed by atoms with Gasteiger partial charge in [-0.05, 0) is 6.42 Å². The third-order valence-electron chi connectivity index (χ3n) is 1.41. The van der Waals surface area contributed by atoms with E-state index in [9.17, 15) is 9.59 Å². The van der Waals surface area contributed by atoms with E-state index in [-0.39, 0.29) is 12.5 Å². The molecular formula is C9H14N2O3. The van der Waals surface area contributed by atoms with Gasteiger partial charge < -0.3 is 15.7 Å². The summed E-state index contributed by atoms with van der Waals surface area (Å²) in [5, 5.41) is 13.3. The van der Waals surface area contributed by atoms with Gasteiger partial charge in [-0.1, -0.05) is 0 Å². The summed E-state index contributed by atoms with van der Waals surface area (Å²) in [7, 11) is 0. The molecule has 3 N–H and O–H groups in total. The molecule has 0 aromatic heterocycles. The second kappa shape index (κ2) is 7.92. The van der Waals surface area contributed by atoms with Crippen molar-refractivity contribution in [2.75, 3.05) is 13.1 Å². The largest absolute Gasteiger partial charge is 0.481 e. The second-order valence-corrected chi connectivity index (χ2v) is 2.63. The van der Waals surface area contributed by atoms with Gasteiger partial charge in [-0.15, -0.1) is 12.3 Å². The maximum absolute atomic E-state index is 10.9. The van der Waals surface area contributed by atoms with Crippen molar-refractivity contribution in [2.24, 2.45) is 0 Å². The number of terminal acetylenes is 1. The van der Waals surface area contributed by atoms with Crippen molar-refractivity contribution >= 4 is 12.0 Å². The SMILES string of the molecule is C#CCCNC(=O)NCCCC(=O)O. The number of carbonyl (C=O) groups excluding carboxylic acids is 1. The summed E-state index contributed by atoms with van der Waals surface area (Å²) < 4.78 is 0. The minimum atomic E-state index is -0.862. The van der Waals surface area contributed by atoms with Gasteiger partial charge in [0.25, 0.3) is 0 Å². The molecular weight excluding hydrogens is 184 g/mol. The van der Waals surface area contributed by atoms with Crippen LogP contribution in [-0.4, -0.2) is 30.2 Å². The highest BCUT2D eigenvalue weighted by Gasteiger charge is 1.99. The van der Waals surface area contributed by atoms with Crippen molar-refractivity contribution in [1.82, 2.24) is 10.6 Å². The number of urea groups is 1. The molecule has 0 unspecified atom stereocenters. The predicted molar refractivity (Wildman–Crippen MR) is 51.7 cm³/mol. The van der Waals surface area contributed by atoms with E-state index in [2.05, 4.69) is 16.6 Å². The van der Waals surface area contributed by atoms with Crippen molar-refractivity contribution in [2.45, 2.75) is 19.3 Å². The molecule has 5 heteroatoms. The molecule has 14 heavy (non-hydrogen) atoms. The molecule has 0 spiro atoms. The van der Waals surface area contributed by atoms with Gasteiger partial charge in [-0.2, -0.15) is 0 Å². The van der Waals surface area contributed by atoms with Crippen LogP contribution in [0.5, 0.6) is 0 Å². The topological polar surface area (TPSA) is 78.4 Å². The lowest BCUT2D eigenvalue weighted by molar-refractivity contribution is -0.137. The summed E-state index contributed by atoms with van der Waals surface area (Å²) in [4.78, 5) is 21.0. The zero-order valence-electron chi connectivity index (χ0n) is 7.88. The molecule has 0 fully saturated rings. The smallest absolute Gasteiger partial charge is 0.314 e. The van der Waals surface area contributed by atoms with Crippen LogP contribution in [0.2, 0.25) is 0 Å². The van der Waals surface area contributed by atoms with Gasteiger partial charge in [0.2, 0.25) is 0 Å². The Kier molecular flexibility index (Phi) is 6.96. The Hall–Kier alpha value is -1.70. The fraction of sp³-hybridized carbons (Fsp3) is 0.556. The zero-order valence-corrected chi connectivity index (χ0v) is 7.88. The molecule has 0 heterocycles. The zero-order chi connectivity index (χ0) is 10.8. The van der Waals surface area contributed by atoms with Crippen molar-refractivity contribution in [3.05, 3.63) is 0 Å². The van der Waals surface area contributed by atoms with Crippen molar-refractivity contribution in [3.63, 3.8) is 0 Å². The number of rotatable bonds is 6. The maximum Gasteiger partial charge on any atom is 0.314 e. The summed E-state index contributed by atoms with van der Waals surface area (Å²) in [5.41, 5.74) is 0. The first-order chi connectivity index (χ1) is 6.66. The Bertz CT molecular complexity index is 233. The van der Waals surface area contributed by atoms with Crippen LogP contribution in [0.3, 0.4) is 0 Å². The summed E-state index contributed by atoms with van der Waals surface area (Å²) in [6.45, 7) is 0.787. The van der Waals surface area contributed by atoms with Crippen LogP contribution >= 0.6 is 0 Å². The number of nitrogens with one attached hydrogen (secondary N) is 2. The van der Waals surface area contributed by atoms with Gasteiger partial charge in [0.15, 0.2) is 0 Å². The minimum absolute atomic E-state index is 0.0602. The van der Waals surface area contributed by atoms with Crippen LogP contribution in [0.15, 0.2) is 0 Å². The molecule has 0 saturated heterocycles. The number of carbonyl (C=O) groups is 2. The molecule has 5 nitrogen and oxygen atoms in total. The van der Waals surface area contributed by atoms with Crippen LogP contribution in [0, 0.1) is 12.3 Å². The van der Waals surface area contributed by atoms with E-state index < -0.39 is 5.97 Å². The third-order valence-corrected chi connectivity index (χ3v) is 1.41. The number of amides is 2. The van der Waals surface area contributed by atoms with E-state index in [4.69, 9.17) is 11.5 Å².